The quantitative estimate of drug-likeness (QED) is 0.858. The lowest BCUT2D eigenvalue weighted by molar-refractivity contribution is 0.0952. The fraction of sp³-hybridized carbons (Fsp3) is 0.357. The van der Waals surface area contributed by atoms with Crippen molar-refractivity contribution in [2.24, 2.45) is 0 Å². The normalized spacial score (nSPS) is 11.9. The van der Waals surface area contributed by atoms with Gasteiger partial charge in [-0.05, 0) is 13.0 Å². The van der Waals surface area contributed by atoms with E-state index in [2.05, 4.69) is 20.6 Å². The molecule has 2 rings (SSSR count). The molecule has 2 aromatic heterocycles. The first kappa shape index (κ1) is 14.5. The van der Waals surface area contributed by atoms with Crippen LogP contribution >= 0.6 is 11.3 Å². The van der Waals surface area contributed by atoms with Crippen molar-refractivity contribution in [3.05, 3.63) is 40.6 Å². The second-order valence-electron chi connectivity index (χ2n) is 4.43. The first-order valence-electron chi connectivity index (χ1n) is 6.57. The fourth-order valence-corrected chi connectivity index (χ4v) is 2.52. The van der Waals surface area contributed by atoms with Gasteiger partial charge in [0.25, 0.3) is 5.91 Å². The summed E-state index contributed by atoms with van der Waals surface area (Å²) in [6.07, 6.45) is 5.04. The van der Waals surface area contributed by atoms with E-state index in [4.69, 9.17) is 0 Å². The van der Waals surface area contributed by atoms with E-state index >= 15 is 0 Å². The average Bonchev–Trinajstić information content (AvgIpc) is 2.99. The summed E-state index contributed by atoms with van der Waals surface area (Å²) in [4.78, 5) is 20.5. The standard InChI is InChI=1S/C14H18N4OS/c1-3-16-12-4-5-15-9-11(12)13(19)18-8-10(2)14-17-6-7-20-14/h4-7,9-10H,3,8H2,1-2H3,(H,15,16)(H,18,19). The summed E-state index contributed by atoms with van der Waals surface area (Å²) in [7, 11) is 0. The van der Waals surface area contributed by atoms with Crippen LogP contribution in [-0.2, 0) is 0 Å². The molecule has 0 saturated heterocycles. The highest BCUT2D eigenvalue weighted by atomic mass is 32.1. The van der Waals surface area contributed by atoms with Gasteiger partial charge in [-0.15, -0.1) is 11.3 Å². The summed E-state index contributed by atoms with van der Waals surface area (Å²) in [6.45, 7) is 5.37. The van der Waals surface area contributed by atoms with Gasteiger partial charge in [0.1, 0.15) is 0 Å². The molecule has 0 saturated carbocycles. The van der Waals surface area contributed by atoms with Gasteiger partial charge in [0.15, 0.2) is 0 Å². The zero-order chi connectivity index (χ0) is 14.4. The van der Waals surface area contributed by atoms with E-state index in [1.165, 1.54) is 0 Å². The predicted molar refractivity (Wildman–Crippen MR) is 81.3 cm³/mol. The second kappa shape index (κ2) is 7.00. The number of rotatable bonds is 6. The Balaban J connectivity index is 1.98. The van der Waals surface area contributed by atoms with Crippen LogP contribution in [0.25, 0.3) is 0 Å². The van der Waals surface area contributed by atoms with E-state index in [0.29, 0.717) is 12.1 Å². The lowest BCUT2D eigenvalue weighted by Crippen LogP contribution is -2.28. The number of thiazole rings is 1. The molecule has 5 nitrogen and oxygen atoms in total. The summed E-state index contributed by atoms with van der Waals surface area (Å²) in [5.41, 5.74) is 1.38. The monoisotopic (exact) mass is 290 g/mol. The number of nitrogens with one attached hydrogen (secondary N) is 2. The first-order chi connectivity index (χ1) is 9.72. The number of hydrogen-bond donors (Lipinski definition) is 2. The number of nitrogens with zero attached hydrogens (tertiary/aromatic N) is 2. The van der Waals surface area contributed by atoms with E-state index in [9.17, 15) is 4.79 Å². The molecular weight excluding hydrogens is 272 g/mol. The van der Waals surface area contributed by atoms with Crippen LogP contribution in [0.3, 0.4) is 0 Å². The Kier molecular flexibility index (Phi) is 5.06. The van der Waals surface area contributed by atoms with Crippen molar-refractivity contribution in [1.29, 1.82) is 0 Å². The fourth-order valence-electron chi connectivity index (χ4n) is 1.83. The van der Waals surface area contributed by atoms with Crippen molar-refractivity contribution in [2.75, 3.05) is 18.4 Å². The number of amides is 1. The molecule has 0 radical (unpaired) electrons. The van der Waals surface area contributed by atoms with Crippen LogP contribution in [0.1, 0.15) is 35.1 Å². The SMILES string of the molecule is CCNc1ccncc1C(=O)NCC(C)c1nccs1. The van der Waals surface area contributed by atoms with Gasteiger partial charge in [0.05, 0.1) is 16.3 Å². The minimum absolute atomic E-state index is 0.113. The summed E-state index contributed by atoms with van der Waals surface area (Å²) >= 11 is 1.60. The molecule has 20 heavy (non-hydrogen) atoms. The lowest BCUT2D eigenvalue weighted by Gasteiger charge is -2.12. The third-order valence-electron chi connectivity index (χ3n) is 2.87. The number of anilines is 1. The third-order valence-corrected chi connectivity index (χ3v) is 3.88. The van der Waals surface area contributed by atoms with Crippen molar-refractivity contribution in [1.82, 2.24) is 15.3 Å². The minimum Gasteiger partial charge on any atom is -0.385 e. The van der Waals surface area contributed by atoms with Gasteiger partial charge < -0.3 is 10.6 Å². The number of carbonyl (C=O) groups excluding carboxylic acids is 1. The zero-order valence-corrected chi connectivity index (χ0v) is 12.4. The van der Waals surface area contributed by atoms with Crippen LogP contribution in [-0.4, -0.2) is 29.0 Å². The van der Waals surface area contributed by atoms with Gasteiger partial charge in [-0.3, -0.25) is 9.78 Å². The summed E-state index contributed by atoms with van der Waals surface area (Å²) in [5, 5.41) is 9.07. The van der Waals surface area contributed by atoms with Gasteiger partial charge in [-0.1, -0.05) is 6.92 Å². The van der Waals surface area contributed by atoms with E-state index in [1.807, 2.05) is 25.3 Å². The molecule has 1 atom stereocenters. The lowest BCUT2D eigenvalue weighted by atomic mass is 10.1. The highest BCUT2D eigenvalue weighted by Crippen LogP contribution is 2.17. The molecule has 2 aromatic rings. The molecule has 2 N–H and O–H groups in total. The summed E-state index contributed by atoms with van der Waals surface area (Å²) < 4.78 is 0. The average molecular weight is 290 g/mol. The van der Waals surface area contributed by atoms with Crippen LogP contribution in [0.4, 0.5) is 5.69 Å². The van der Waals surface area contributed by atoms with Gasteiger partial charge in [-0.25, -0.2) is 4.98 Å². The van der Waals surface area contributed by atoms with Gasteiger partial charge in [0, 0.05) is 43.0 Å². The van der Waals surface area contributed by atoms with Crippen LogP contribution in [0.15, 0.2) is 30.0 Å². The Hall–Kier alpha value is -1.95. The Bertz CT molecular complexity index is 556. The summed E-state index contributed by atoms with van der Waals surface area (Å²) in [6, 6.07) is 1.81. The van der Waals surface area contributed by atoms with Crippen LogP contribution in [0.5, 0.6) is 0 Å². The van der Waals surface area contributed by atoms with Crippen LogP contribution in [0.2, 0.25) is 0 Å². The zero-order valence-electron chi connectivity index (χ0n) is 11.6. The van der Waals surface area contributed by atoms with Crippen molar-refractivity contribution in [3.63, 3.8) is 0 Å². The van der Waals surface area contributed by atoms with E-state index < -0.39 is 0 Å². The molecule has 0 aliphatic carbocycles. The Morgan fingerprint density at radius 3 is 3.00 bits per heavy atom. The maximum Gasteiger partial charge on any atom is 0.254 e. The largest absolute Gasteiger partial charge is 0.385 e. The third kappa shape index (κ3) is 3.54. The molecule has 6 heteroatoms. The second-order valence-corrected chi connectivity index (χ2v) is 5.36. The molecular formula is C14H18N4OS. The molecule has 0 bridgehead atoms. The van der Waals surface area contributed by atoms with Gasteiger partial charge >= 0.3 is 0 Å². The van der Waals surface area contributed by atoms with Gasteiger partial charge in [-0.2, -0.15) is 0 Å². The Morgan fingerprint density at radius 2 is 2.30 bits per heavy atom. The van der Waals surface area contributed by atoms with E-state index in [0.717, 1.165) is 17.2 Å². The Labute approximate surface area is 122 Å². The molecule has 2 heterocycles. The molecule has 0 aromatic carbocycles. The van der Waals surface area contributed by atoms with Gasteiger partial charge in [0.2, 0.25) is 0 Å². The molecule has 0 aliphatic heterocycles. The van der Waals surface area contributed by atoms with Crippen LogP contribution < -0.4 is 10.6 Å². The van der Waals surface area contributed by atoms with Crippen molar-refractivity contribution in [3.8, 4) is 0 Å². The predicted octanol–water partition coefficient (Wildman–Crippen LogP) is 2.50. The highest BCUT2D eigenvalue weighted by molar-refractivity contribution is 7.09. The van der Waals surface area contributed by atoms with Crippen LogP contribution in [0, 0.1) is 0 Å². The van der Waals surface area contributed by atoms with E-state index in [1.54, 1.807) is 29.9 Å². The first-order valence-corrected chi connectivity index (χ1v) is 7.45. The molecule has 0 aliphatic rings. The number of carbonyl (C=O) groups is 1. The topological polar surface area (TPSA) is 66.9 Å². The highest BCUT2D eigenvalue weighted by Gasteiger charge is 2.14. The van der Waals surface area contributed by atoms with Crippen molar-refractivity contribution >= 4 is 22.9 Å². The summed E-state index contributed by atoms with van der Waals surface area (Å²) in [5.74, 6) is 0.0932. The smallest absolute Gasteiger partial charge is 0.254 e. The minimum atomic E-state index is -0.113. The molecule has 0 fully saturated rings. The number of aromatic nitrogens is 2. The van der Waals surface area contributed by atoms with Crippen molar-refractivity contribution < 1.29 is 4.79 Å². The Morgan fingerprint density at radius 1 is 1.45 bits per heavy atom. The van der Waals surface area contributed by atoms with E-state index in [-0.39, 0.29) is 11.8 Å². The number of pyridine rings is 1. The van der Waals surface area contributed by atoms with Crippen molar-refractivity contribution in [2.45, 2.75) is 19.8 Å². The maximum atomic E-state index is 12.2. The maximum absolute atomic E-state index is 12.2. The molecule has 1 unspecified atom stereocenters. The molecule has 0 spiro atoms. The number of hydrogen-bond acceptors (Lipinski definition) is 5. The molecule has 1 amide bonds. The molecule has 106 valence electrons.